The van der Waals surface area contributed by atoms with Crippen LogP contribution in [0, 0.1) is 5.82 Å². The maximum absolute atomic E-state index is 13.9. The zero-order chi connectivity index (χ0) is 28.6. The average Bonchev–Trinajstić information content (AvgIpc) is 2.92. The van der Waals surface area contributed by atoms with Gasteiger partial charge in [0.05, 0.1) is 20.6 Å². The van der Waals surface area contributed by atoms with Gasteiger partial charge >= 0.3 is 0 Å². The first kappa shape index (κ1) is 30.4. The summed E-state index contributed by atoms with van der Waals surface area (Å²) in [5.41, 5.74) is 0.861. The minimum atomic E-state index is -4.27. The summed E-state index contributed by atoms with van der Waals surface area (Å²) in [7, 11) is -4.27. The number of hydrogen-bond donors (Lipinski definition) is 1. The highest BCUT2D eigenvalue weighted by molar-refractivity contribution is 7.92. The van der Waals surface area contributed by atoms with E-state index in [4.69, 9.17) is 23.2 Å². The Morgan fingerprint density at radius 1 is 0.949 bits per heavy atom. The van der Waals surface area contributed by atoms with E-state index in [2.05, 4.69) is 5.32 Å². The smallest absolute Gasteiger partial charge is 0.264 e. The molecule has 1 N–H and O–H groups in total. The van der Waals surface area contributed by atoms with Crippen LogP contribution >= 0.6 is 23.2 Å². The molecule has 1 atom stereocenters. The van der Waals surface area contributed by atoms with E-state index in [0.29, 0.717) is 30.0 Å². The zero-order valence-corrected chi connectivity index (χ0v) is 23.9. The standard InChI is InChI=1S/C28H30Cl2FN3O4S/c1-3-16-32-28(36)26(4-2)33(18-20-10-15-24(29)25(30)17-20)27(35)19-34(22-8-6-5-7-9-22)39(37,38)23-13-11-21(31)12-14-23/h5-15,17,26H,3-4,16,18-19H2,1-2H3,(H,32,36)/t26-/m1/s1. The molecule has 0 spiro atoms. The Morgan fingerprint density at radius 3 is 2.21 bits per heavy atom. The molecule has 0 aliphatic carbocycles. The van der Waals surface area contributed by atoms with Crippen LogP contribution in [0.1, 0.15) is 32.3 Å². The first-order valence-corrected chi connectivity index (χ1v) is 14.6. The lowest BCUT2D eigenvalue weighted by Gasteiger charge is -2.33. The highest BCUT2D eigenvalue weighted by atomic mass is 35.5. The third-order valence-electron chi connectivity index (χ3n) is 6.00. The van der Waals surface area contributed by atoms with Crippen LogP contribution in [-0.4, -0.2) is 44.3 Å². The minimum absolute atomic E-state index is 0.00695. The van der Waals surface area contributed by atoms with Crippen molar-refractivity contribution < 1.29 is 22.4 Å². The number of carbonyl (C=O) groups excluding carboxylic acids is 2. The van der Waals surface area contributed by atoms with Crippen molar-refractivity contribution in [2.24, 2.45) is 0 Å². The summed E-state index contributed by atoms with van der Waals surface area (Å²) in [6, 6.07) is 16.5. The molecule has 0 saturated carbocycles. The first-order valence-electron chi connectivity index (χ1n) is 12.4. The largest absolute Gasteiger partial charge is 0.354 e. The van der Waals surface area contributed by atoms with Gasteiger partial charge in [-0.1, -0.05) is 61.3 Å². The molecule has 0 heterocycles. The Kier molecular flexibility index (Phi) is 10.7. The van der Waals surface area contributed by atoms with Gasteiger partial charge in [0, 0.05) is 13.1 Å². The quantitative estimate of drug-likeness (QED) is 0.293. The maximum Gasteiger partial charge on any atom is 0.264 e. The van der Waals surface area contributed by atoms with Gasteiger partial charge in [0.2, 0.25) is 11.8 Å². The number of nitrogens with one attached hydrogen (secondary N) is 1. The first-order chi connectivity index (χ1) is 18.6. The number of carbonyl (C=O) groups is 2. The number of hydrogen-bond acceptors (Lipinski definition) is 4. The Labute approximate surface area is 238 Å². The molecular weight excluding hydrogens is 564 g/mol. The van der Waals surface area contributed by atoms with Gasteiger partial charge in [-0.15, -0.1) is 0 Å². The Bertz CT molecular complexity index is 1390. The van der Waals surface area contributed by atoms with Crippen LogP contribution in [0.25, 0.3) is 0 Å². The number of benzene rings is 3. The van der Waals surface area contributed by atoms with Crippen molar-refractivity contribution in [2.75, 3.05) is 17.4 Å². The molecule has 0 saturated heterocycles. The van der Waals surface area contributed by atoms with Crippen molar-refractivity contribution in [3.05, 3.63) is 94.2 Å². The molecule has 3 rings (SSSR count). The number of para-hydroxylation sites is 1. The molecule has 0 fully saturated rings. The molecule has 3 aromatic rings. The molecule has 2 amide bonds. The van der Waals surface area contributed by atoms with E-state index in [1.807, 2.05) is 6.92 Å². The van der Waals surface area contributed by atoms with Crippen LogP contribution < -0.4 is 9.62 Å². The Hall–Kier alpha value is -3.14. The molecule has 11 heteroatoms. The van der Waals surface area contributed by atoms with E-state index in [0.717, 1.165) is 28.6 Å². The molecule has 0 aromatic heterocycles. The number of nitrogens with zero attached hydrogens (tertiary/aromatic N) is 2. The van der Waals surface area contributed by atoms with Crippen molar-refractivity contribution in [1.82, 2.24) is 10.2 Å². The molecule has 0 unspecified atom stereocenters. The summed E-state index contributed by atoms with van der Waals surface area (Å²) in [6.45, 7) is 3.52. The molecule has 0 bridgehead atoms. The fourth-order valence-corrected chi connectivity index (χ4v) is 5.71. The summed E-state index contributed by atoms with van der Waals surface area (Å²) in [4.78, 5) is 28.2. The number of anilines is 1. The van der Waals surface area contributed by atoms with Crippen LogP contribution in [0.15, 0.2) is 77.7 Å². The second-order valence-corrected chi connectivity index (χ2v) is 11.5. The summed E-state index contributed by atoms with van der Waals surface area (Å²) >= 11 is 12.3. The SMILES string of the molecule is CCCNC(=O)[C@@H](CC)N(Cc1ccc(Cl)c(Cl)c1)C(=O)CN(c1ccccc1)S(=O)(=O)c1ccc(F)cc1. The number of halogens is 3. The van der Waals surface area contributed by atoms with Crippen molar-refractivity contribution in [1.29, 1.82) is 0 Å². The third-order valence-corrected chi connectivity index (χ3v) is 8.52. The van der Waals surface area contributed by atoms with E-state index < -0.39 is 34.3 Å². The molecule has 0 aliphatic heterocycles. The molecule has 3 aromatic carbocycles. The lowest BCUT2D eigenvalue weighted by molar-refractivity contribution is -0.140. The topological polar surface area (TPSA) is 86.8 Å². The fraction of sp³-hybridized carbons (Fsp3) is 0.286. The maximum atomic E-state index is 13.9. The third kappa shape index (κ3) is 7.71. The normalized spacial score (nSPS) is 12.0. The van der Waals surface area contributed by atoms with Crippen LogP contribution in [-0.2, 0) is 26.2 Å². The van der Waals surface area contributed by atoms with Gasteiger partial charge in [0.1, 0.15) is 18.4 Å². The van der Waals surface area contributed by atoms with E-state index in [9.17, 15) is 22.4 Å². The van der Waals surface area contributed by atoms with Crippen LogP contribution in [0.2, 0.25) is 10.0 Å². The second kappa shape index (κ2) is 13.8. The highest BCUT2D eigenvalue weighted by Gasteiger charge is 2.33. The van der Waals surface area contributed by atoms with Gasteiger partial charge in [-0.25, -0.2) is 12.8 Å². The lowest BCUT2D eigenvalue weighted by atomic mass is 10.1. The Balaban J connectivity index is 2.04. The van der Waals surface area contributed by atoms with Crippen molar-refractivity contribution >= 4 is 50.7 Å². The van der Waals surface area contributed by atoms with Gasteiger partial charge in [-0.3, -0.25) is 13.9 Å². The lowest BCUT2D eigenvalue weighted by Crippen LogP contribution is -2.52. The Morgan fingerprint density at radius 2 is 1.62 bits per heavy atom. The van der Waals surface area contributed by atoms with Crippen LogP contribution in [0.4, 0.5) is 10.1 Å². The minimum Gasteiger partial charge on any atom is -0.354 e. The molecule has 0 aliphatic rings. The van der Waals surface area contributed by atoms with Crippen molar-refractivity contribution in [3.63, 3.8) is 0 Å². The van der Waals surface area contributed by atoms with E-state index in [1.54, 1.807) is 55.5 Å². The van der Waals surface area contributed by atoms with Gasteiger partial charge in [-0.05, 0) is 66.9 Å². The van der Waals surface area contributed by atoms with E-state index in [1.165, 1.54) is 4.90 Å². The predicted octanol–water partition coefficient (Wildman–Crippen LogP) is 5.66. The summed E-state index contributed by atoms with van der Waals surface area (Å²) in [5, 5.41) is 3.45. The van der Waals surface area contributed by atoms with Crippen LogP contribution in [0.5, 0.6) is 0 Å². The zero-order valence-electron chi connectivity index (χ0n) is 21.6. The van der Waals surface area contributed by atoms with Crippen LogP contribution in [0.3, 0.4) is 0 Å². The van der Waals surface area contributed by atoms with E-state index >= 15 is 0 Å². The monoisotopic (exact) mass is 593 g/mol. The average molecular weight is 595 g/mol. The summed E-state index contributed by atoms with van der Waals surface area (Å²) in [6.07, 6.45) is 0.999. The number of amides is 2. The number of rotatable bonds is 12. The summed E-state index contributed by atoms with van der Waals surface area (Å²) in [5.74, 6) is -1.54. The molecule has 7 nitrogen and oxygen atoms in total. The van der Waals surface area contributed by atoms with Gasteiger partial charge in [0.25, 0.3) is 10.0 Å². The van der Waals surface area contributed by atoms with Crippen molar-refractivity contribution in [3.8, 4) is 0 Å². The van der Waals surface area contributed by atoms with Gasteiger partial charge < -0.3 is 10.2 Å². The molecule has 208 valence electrons. The second-order valence-electron chi connectivity index (χ2n) is 8.79. The van der Waals surface area contributed by atoms with Gasteiger partial charge in [0.15, 0.2) is 0 Å². The predicted molar refractivity (Wildman–Crippen MR) is 152 cm³/mol. The fourth-order valence-electron chi connectivity index (χ4n) is 3.98. The summed E-state index contributed by atoms with van der Waals surface area (Å²) < 4.78 is 41.9. The highest BCUT2D eigenvalue weighted by Crippen LogP contribution is 2.26. The number of sulfonamides is 1. The van der Waals surface area contributed by atoms with E-state index in [-0.39, 0.29) is 28.1 Å². The molecule has 39 heavy (non-hydrogen) atoms. The van der Waals surface area contributed by atoms with Crippen molar-refractivity contribution in [2.45, 2.75) is 44.2 Å². The van der Waals surface area contributed by atoms with Gasteiger partial charge in [-0.2, -0.15) is 0 Å². The molecule has 0 radical (unpaired) electrons. The molecular formula is C28H30Cl2FN3O4S.